The van der Waals surface area contributed by atoms with Crippen LogP contribution in [0.1, 0.15) is 12.8 Å². The molecule has 6 heteroatoms. The Hall–Kier alpha value is -1.36. The number of anilines is 1. The van der Waals surface area contributed by atoms with Crippen LogP contribution in [0.2, 0.25) is 5.15 Å². The van der Waals surface area contributed by atoms with E-state index in [1.807, 2.05) is 4.90 Å². The molecule has 1 atom stereocenters. The number of carbonyl (C=O) groups is 1. The number of halogens is 1. The summed E-state index contributed by atoms with van der Waals surface area (Å²) >= 11 is 5.77. The van der Waals surface area contributed by atoms with E-state index in [4.69, 9.17) is 16.7 Å². The summed E-state index contributed by atoms with van der Waals surface area (Å²) < 4.78 is 0. The zero-order chi connectivity index (χ0) is 11.5. The van der Waals surface area contributed by atoms with Crippen LogP contribution < -0.4 is 4.90 Å². The molecule has 1 unspecified atom stereocenters. The predicted octanol–water partition coefficient (Wildman–Crippen LogP) is 1.43. The summed E-state index contributed by atoms with van der Waals surface area (Å²) in [6.45, 7) is 1.31. The lowest BCUT2D eigenvalue weighted by Gasteiger charge is -2.31. The Morgan fingerprint density at radius 3 is 3.06 bits per heavy atom. The monoisotopic (exact) mass is 241 g/mol. The second kappa shape index (κ2) is 4.65. The van der Waals surface area contributed by atoms with Crippen LogP contribution in [0.4, 0.5) is 5.82 Å². The molecule has 86 valence electrons. The first kappa shape index (κ1) is 11.1. The molecule has 0 saturated carbocycles. The standard InChI is InChI=1S/C10H12ClN3O2/c11-8-4-9(13-6-12-8)14-3-1-2-7(5-14)10(15)16/h4,6-7H,1-3,5H2,(H,15,16). The summed E-state index contributed by atoms with van der Waals surface area (Å²) in [5.41, 5.74) is 0. The fraction of sp³-hybridized carbons (Fsp3) is 0.500. The lowest BCUT2D eigenvalue weighted by molar-refractivity contribution is -0.141. The van der Waals surface area contributed by atoms with E-state index in [2.05, 4.69) is 9.97 Å². The smallest absolute Gasteiger partial charge is 0.308 e. The first-order valence-corrected chi connectivity index (χ1v) is 5.50. The summed E-state index contributed by atoms with van der Waals surface area (Å²) in [5.74, 6) is -0.363. The molecule has 1 N–H and O–H groups in total. The van der Waals surface area contributed by atoms with Crippen LogP contribution in [-0.4, -0.2) is 34.1 Å². The van der Waals surface area contributed by atoms with Gasteiger partial charge in [-0.15, -0.1) is 0 Å². The van der Waals surface area contributed by atoms with Gasteiger partial charge in [0.05, 0.1) is 5.92 Å². The normalized spacial score (nSPS) is 20.8. The van der Waals surface area contributed by atoms with Crippen LogP contribution in [0.3, 0.4) is 0 Å². The third kappa shape index (κ3) is 2.41. The zero-order valence-corrected chi connectivity index (χ0v) is 9.39. The van der Waals surface area contributed by atoms with Crippen molar-refractivity contribution >= 4 is 23.4 Å². The molecule has 1 aromatic heterocycles. The highest BCUT2D eigenvalue weighted by Gasteiger charge is 2.26. The predicted molar refractivity (Wildman–Crippen MR) is 59.6 cm³/mol. The molecular formula is C10H12ClN3O2. The molecule has 0 radical (unpaired) electrons. The number of nitrogens with zero attached hydrogens (tertiary/aromatic N) is 3. The first-order valence-electron chi connectivity index (χ1n) is 5.12. The van der Waals surface area contributed by atoms with Crippen molar-refractivity contribution in [3.63, 3.8) is 0 Å². The van der Waals surface area contributed by atoms with E-state index in [0.29, 0.717) is 17.5 Å². The van der Waals surface area contributed by atoms with E-state index in [0.717, 1.165) is 19.4 Å². The maximum absolute atomic E-state index is 10.9. The van der Waals surface area contributed by atoms with Gasteiger partial charge in [0.2, 0.25) is 0 Å². The Balaban J connectivity index is 2.12. The van der Waals surface area contributed by atoms with Crippen molar-refractivity contribution in [2.24, 2.45) is 5.92 Å². The topological polar surface area (TPSA) is 66.3 Å². The summed E-state index contributed by atoms with van der Waals surface area (Å²) in [4.78, 5) is 20.7. The maximum atomic E-state index is 10.9. The van der Waals surface area contributed by atoms with Crippen molar-refractivity contribution in [2.75, 3.05) is 18.0 Å². The molecule has 1 saturated heterocycles. The van der Waals surface area contributed by atoms with Crippen molar-refractivity contribution in [3.8, 4) is 0 Å². The van der Waals surface area contributed by atoms with Gasteiger partial charge in [0.25, 0.3) is 0 Å². The molecule has 5 nitrogen and oxygen atoms in total. The van der Waals surface area contributed by atoms with Crippen molar-refractivity contribution in [3.05, 3.63) is 17.5 Å². The lowest BCUT2D eigenvalue weighted by atomic mass is 9.98. The van der Waals surface area contributed by atoms with Crippen molar-refractivity contribution in [2.45, 2.75) is 12.8 Å². The zero-order valence-electron chi connectivity index (χ0n) is 8.64. The van der Waals surface area contributed by atoms with Gasteiger partial charge in [-0.1, -0.05) is 11.6 Å². The lowest BCUT2D eigenvalue weighted by Crippen LogP contribution is -2.39. The highest BCUT2D eigenvalue weighted by atomic mass is 35.5. The quantitative estimate of drug-likeness (QED) is 0.794. The fourth-order valence-corrected chi connectivity index (χ4v) is 2.03. The molecule has 1 aromatic rings. The van der Waals surface area contributed by atoms with Crippen LogP contribution in [0.15, 0.2) is 12.4 Å². The maximum Gasteiger partial charge on any atom is 0.308 e. The largest absolute Gasteiger partial charge is 0.481 e. The second-order valence-corrected chi connectivity index (χ2v) is 4.21. The van der Waals surface area contributed by atoms with E-state index < -0.39 is 5.97 Å². The van der Waals surface area contributed by atoms with Crippen LogP contribution in [0, 0.1) is 5.92 Å². The van der Waals surface area contributed by atoms with Crippen LogP contribution in [-0.2, 0) is 4.79 Å². The van der Waals surface area contributed by atoms with E-state index in [9.17, 15) is 4.79 Å². The van der Waals surface area contributed by atoms with Crippen molar-refractivity contribution < 1.29 is 9.90 Å². The van der Waals surface area contributed by atoms with Gasteiger partial charge >= 0.3 is 5.97 Å². The van der Waals surface area contributed by atoms with Gasteiger partial charge in [-0.3, -0.25) is 4.79 Å². The van der Waals surface area contributed by atoms with Crippen LogP contribution in [0.25, 0.3) is 0 Å². The van der Waals surface area contributed by atoms with E-state index in [-0.39, 0.29) is 5.92 Å². The second-order valence-electron chi connectivity index (χ2n) is 3.82. The van der Waals surface area contributed by atoms with Gasteiger partial charge < -0.3 is 10.0 Å². The van der Waals surface area contributed by atoms with E-state index in [1.165, 1.54) is 6.33 Å². The number of carboxylic acid groups (broad SMARTS) is 1. The summed E-state index contributed by atoms with van der Waals surface area (Å²) in [5, 5.41) is 9.35. The Morgan fingerprint density at radius 2 is 2.38 bits per heavy atom. The van der Waals surface area contributed by atoms with E-state index in [1.54, 1.807) is 6.07 Å². The average molecular weight is 242 g/mol. The summed E-state index contributed by atoms with van der Waals surface area (Å²) in [6, 6.07) is 1.66. The number of aliphatic carboxylic acids is 1. The molecule has 16 heavy (non-hydrogen) atoms. The molecule has 0 bridgehead atoms. The highest BCUT2D eigenvalue weighted by molar-refractivity contribution is 6.29. The SMILES string of the molecule is O=C(O)C1CCCN(c2cc(Cl)ncn2)C1. The van der Waals surface area contributed by atoms with Crippen LogP contribution in [0.5, 0.6) is 0 Å². The fourth-order valence-electron chi connectivity index (χ4n) is 1.88. The van der Waals surface area contributed by atoms with Gasteiger partial charge in [0.15, 0.2) is 0 Å². The molecule has 0 spiro atoms. The highest BCUT2D eigenvalue weighted by Crippen LogP contribution is 2.22. The minimum atomic E-state index is -0.746. The Morgan fingerprint density at radius 1 is 1.56 bits per heavy atom. The molecule has 0 aromatic carbocycles. The third-order valence-electron chi connectivity index (χ3n) is 2.71. The molecular weight excluding hydrogens is 230 g/mol. The average Bonchev–Trinajstić information content (AvgIpc) is 2.29. The van der Waals surface area contributed by atoms with Gasteiger partial charge in [-0.25, -0.2) is 9.97 Å². The van der Waals surface area contributed by atoms with Crippen molar-refractivity contribution in [1.29, 1.82) is 0 Å². The number of hydrogen-bond donors (Lipinski definition) is 1. The Bertz CT molecular complexity index is 399. The van der Waals surface area contributed by atoms with Crippen LogP contribution >= 0.6 is 11.6 Å². The van der Waals surface area contributed by atoms with E-state index >= 15 is 0 Å². The number of piperidine rings is 1. The summed E-state index contributed by atoms with van der Waals surface area (Å²) in [6.07, 6.45) is 2.98. The minimum Gasteiger partial charge on any atom is -0.481 e. The number of hydrogen-bond acceptors (Lipinski definition) is 4. The molecule has 0 aliphatic carbocycles. The first-order chi connectivity index (χ1) is 7.66. The molecule has 1 aliphatic rings. The molecule has 1 fully saturated rings. The Labute approximate surface area is 98.1 Å². The number of carboxylic acids is 1. The third-order valence-corrected chi connectivity index (χ3v) is 2.92. The number of rotatable bonds is 2. The Kier molecular flexibility index (Phi) is 3.24. The minimum absolute atomic E-state index is 0.317. The molecule has 1 aliphatic heterocycles. The van der Waals surface area contributed by atoms with Gasteiger partial charge in [-0.05, 0) is 12.8 Å². The van der Waals surface area contributed by atoms with Gasteiger partial charge in [-0.2, -0.15) is 0 Å². The molecule has 2 rings (SSSR count). The molecule has 0 amide bonds. The van der Waals surface area contributed by atoms with Gasteiger partial charge in [0, 0.05) is 19.2 Å². The van der Waals surface area contributed by atoms with Crippen molar-refractivity contribution in [1.82, 2.24) is 9.97 Å². The van der Waals surface area contributed by atoms with Gasteiger partial charge in [0.1, 0.15) is 17.3 Å². The molecule has 2 heterocycles. The summed E-state index contributed by atoms with van der Waals surface area (Å²) in [7, 11) is 0. The number of aromatic nitrogens is 2.